The second-order valence-corrected chi connectivity index (χ2v) is 9.69. The second-order valence-electron chi connectivity index (χ2n) is 8.81. The Kier molecular flexibility index (Phi) is 5.29. The number of fused-ring (bicyclic) bond motifs is 2. The first-order valence-electron chi connectivity index (χ1n) is 10.7. The van der Waals surface area contributed by atoms with Gasteiger partial charge < -0.3 is 4.90 Å². The molecule has 0 radical (unpaired) electrons. The summed E-state index contributed by atoms with van der Waals surface area (Å²) in [6.07, 6.45) is -0.0650. The number of alkyl halides is 3. The number of nitrogens with zero attached hydrogens (tertiary/aromatic N) is 3. The summed E-state index contributed by atoms with van der Waals surface area (Å²) in [4.78, 5) is 15.1. The van der Waals surface area contributed by atoms with Gasteiger partial charge >= 0.3 is 6.18 Å². The SMILES string of the molecule is CSN1CCc2[nH]nc(C(=O)N3C[C@H]4CC(c5ccccc5C(F)(F)F)C[C@H]4C3)c2C1. The third kappa shape index (κ3) is 3.75. The molecule has 1 unspecified atom stereocenters. The fourth-order valence-electron chi connectivity index (χ4n) is 5.58. The molecule has 166 valence electrons. The second kappa shape index (κ2) is 7.85. The molecule has 0 bridgehead atoms. The van der Waals surface area contributed by atoms with Gasteiger partial charge in [0, 0.05) is 43.9 Å². The first-order valence-corrected chi connectivity index (χ1v) is 11.8. The van der Waals surface area contributed by atoms with Gasteiger partial charge in [0.1, 0.15) is 0 Å². The monoisotopic (exact) mass is 450 g/mol. The van der Waals surface area contributed by atoms with E-state index in [0.717, 1.165) is 24.2 Å². The molecule has 1 aliphatic carbocycles. The van der Waals surface area contributed by atoms with Gasteiger partial charge in [-0.25, -0.2) is 4.31 Å². The van der Waals surface area contributed by atoms with Gasteiger partial charge in [0.05, 0.1) is 5.56 Å². The Morgan fingerprint density at radius 1 is 1.19 bits per heavy atom. The largest absolute Gasteiger partial charge is 0.416 e. The van der Waals surface area contributed by atoms with Crippen LogP contribution in [0, 0.1) is 11.8 Å². The van der Waals surface area contributed by atoms with E-state index >= 15 is 0 Å². The lowest BCUT2D eigenvalue weighted by atomic mass is 9.91. The number of likely N-dealkylation sites (tertiary alicyclic amines) is 1. The van der Waals surface area contributed by atoms with E-state index in [9.17, 15) is 18.0 Å². The number of halogens is 3. The Morgan fingerprint density at radius 2 is 1.90 bits per heavy atom. The van der Waals surface area contributed by atoms with E-state index in [0.29, 0.717) is 43.7 Å². The molecule has 5 nitrogen and oxygen atoms in total. The summed E-state index contributed by atoms with van der Waals surface area (Å²) in [5.74, 6) is 0.334. The van der Waals surface area contributed by atoms with E-state index in [2.05, 4.69) is 14.5 Å². The molecule has 1 aromatic heterocycles. The Morgan fingerprint density at radius 3 is 2.58 bits per heavy atom. The zero-order valence-electron chi connectivity index (χ0n) is 17.3. The normalized spacial score (nSPS) is 26.2. The van der Waals surface area contributed by atoms with Crippen molar-refractivity contribution < 1.29 is 18.0 Å². The van der Waals surface area contributed by atoms with Gasteiger partial charge in [-0.15, -0.1) is 0 Å². The number of carbonyl (C=O) groups is 1. The lowest BCUT2D eigenvalue weighted by molar-refractivity contribution is -0.138. The molecule has 1 saturated heterocycles. The molecule has 1 aromatic carbocycles. The number of rotatable bonds is 3. The minimum atomic E-state index is -4.33. The molecule has 2 aromatic rings. The zero-order chi connectivity index (χ0) is 21.8. The molecule has 2 aliphatic heterocycles. The zero-order valence-corrected chi connectivity index (χ0v) is 18.1. The topological polar surface area (TPSA) is 52.2 Å². The van der Waals surface area contributed by atoms with Crippen LogP contribution in [0.3, 0.4) is 0 Å². The lowest BCUT2D eigenvalue weighted by Crippen LogP contribution is -2.32. The van der Waals surface area contributed by atoms with Gasteiger partial charge in [-0.1, -0.05) is 30.1 Å². The van der Waals surface area contributed by atoms with Crippen LogP contribution in [0.5, 0.6) is 0 Å². The number of amides is 1. The molecular formula is C22H25F3N4OS. The van der Waals surface area contributed by atoms with E-state index in [-0.39, 0.29) is 23.7 Å². The standard InChI is InChI=1S/C22H25F3N4OS/c1-31-29-7-6-19-17(12-29)20(27-26-19)21(30)28-10-14-8-13(9-15(14)11-28)16-4-2-3-5-18(16)22(23,24)25/h2-5,13-15H,6-12H2,1H3,(H,26,27)/t13?,14-,15+. The van der Waals surface area contributed by atoms with Crippen molar-refractivity contribution in [1.29, 1.82) is 0 Å². The van der Waals surface area contributed by atoms with Gasteiger partial charge in [-0.05, 0) is 48.5 Å². The van der Waals surface area contributed by atoms with Crippen molar-refractivity contribution in [1.82, 2.24) is 19.4 Å². The van der Waals surface area contributed by atoms with Crippen LogP contribution in [-0.2, 0) is 19.1 Å². The molecule has 5 rings (SSSR count). The van der Waals surface area contributed by atoms with E-state index in [1.54, 1.807) is 24.1 Å². The third-order valence-electron chi connectivity index (χ3n) is 7.10. The predicted octanol–water partition coefficient (Wildman–Crippen LogP) is 4.33. The van der Waals surface area contributed by atoms with Crippen LogP contribution in [0.1, 0.15) is 51.6 Å². The number of hydrogen-bond donors (Lipinski definition) is 1. The van der Waals surface area contributed by atoms with Crippen LogP contribution in [0.25, 0.3) is 0 Å². The van der Waals surface area contributed by atoms with E-state index in [1.807, 2.05) is 11.2 Å². The number of benzene rings is 1. The van der Waals surface area contributed by atoms with Crippen LogP contribution in [0.2, 0.25) is 0 Å². The van der Waals surface area contributed by atoms with Gasteiger partial charge in [0.2, 0.25) is 0 Å². The summed E-state index contributed by atoms with van der Waals surface area (Å²) >= 11 is 1.67. The van der Waals surface area contributed by atoms with Crippen molar-refractivity contribution in [2.45, 2.75) is 37.9 Å². The highest BCUT2D eigenvalue weighted by Gasteiger charge is 2.45. The highest BCUT2D eigenvalue weighted by atomic mass is 32.2. The Labute approximate surface area is 183 Å². The third-order valence-corrected chi connectivity index (χ3v) is 7.93. The van der Waals surface area contributed by atoms with E-state index in [1.165, 1.54) is 12.1 Å². The van der Waals surface area contributed by atoms with Crippen molar-refractivity contribution in [2.24, 2.45) is 11.8 Å². The maximum Gasteiger partial charge on any atom is 0.416 e. The van der Waals surface area contributed by atoms with Gasteiger partial charge in [0.25, 0.3) is 5.91 Å². The molecule has 3 heterocycles. The lowest BCUT2D eigenvalue weighted by Gasteiger charge is -2.25. The number of nitrogens with one attached hydrogen (secondary N) is 1. The van der Waals surface area contributed by atoms with Crippen molar-refractivity contribution in [3.63, 3.8) is 0 Å². The van der Waals surface area contributed by atoms with Crippen LogP contribution < -0.4 is 0 Å². The van der Waals surface area contributed by atoms with E-state index < -0.39 is 11.7 Å². The highest BCUT2D eigenvalue weighted by molar-refractivity contribution is 7.96. The average molecular weight is 451 g/mol. The van der Waals surface area contributed by atoms with Crippen molar-refractivity contribution in [3.05, 3.63) is 52.3 Å². The van der Waals surface area contributed by atoms with Crippen LogP contribution >= 0.6 is 11.9 Å². The molecule has 3 aliphatic rings. The molecule has 1 N–H and O–H groups in total. The van der Waals surface area contributed by atoms with E-state index in [4.69, 9.17) is 0 Å². The number of aromatic nitrogens is 2. The van der Waals surface area contributed by atoms with Crippen molar-refractivity contribution in [2.75, 3.05) is 25.9 Å². The Balaban J connectivity index is 1.29. The summed E-state index contributed by atoms with van der Waals surface area (Å²) in [6.45, 7) is 2.83. The molecular weight excluding hydrogens is 425 g/mol. The minimum absolute atomic E-state index is 0.0536. The van der Waals surface area contributed by atoms with Crippen molar-refractivity contribution >= 4 is 17.9 Å². The summed E-state index contributed by atoms with van der Waals surface area (Å²) in [7, 11) is 0. The first kappa shape index (κ1) is 20.9. The molecule has 1 saturated carbocycles. The number of carbonyl (C=O) groups excluding carboxylic acids is 1. The predicted molar refractivity (Wildman–Crippen MR) is 113 cm³/mol. The fraction of sp³-hybridized carbons (Fsp3) is 0.545. The highest BCUT2D eigenvalue weighted by Crippen LogP contribution is 2.49. The first-order chi connectivity index (χ1) is 14.8. The van der Waals surface area contributed by atoms with Crippen LogP contribution in [0.4, 0.5) is 13.2 Å². The fourth-order valence-corrected chi connectivity index (χ4v) is 6.12. The Hall–Kier alpha value is -2.00. The summed E-state index contributed by atoms with van der Waals surface area (Å²) < 4.78 is 42.5. The summed E-state index contributed by atoms with van der Waals surface area (Å²) in [6, 6.07) is 5.93. The van der Waals surface area contributed by atoms with Gasteiger partial charge in [0.15, 0.2) is 5.69 Å². The average Bonchev–Trinajstić information content (AvgIpc) is 3.45. The van der Waals surface area contributed by atoms with Crippen LogP contribution in [-0.4, -0.2) is 51.2 Å². The maximum absolute atomic E-state index is 13.4. The quantitative estimate of drug-likeness (QED) is 0.708. The molecule has 3 atom stereocenters. The molecule has 0 spiro atoms. The number of H-pyrrole nitrogens is 1. The molecule has 9 heteroatoms. The van der Waals surface area contributed by atoms with Gasteiger partial charge in [-0.2, -0.15) is 18.3 Å². The maximum atomic E-state index is 13.4. The molecule has 2 fully saturated rings. The molecule has 1 amide bonds. The van der Waals surface area contributed by atoms with Crippen LogP contribution in [0.15, 0.2) is 24.3 Å². The summed E-state index contributed by atoms with van der Waals surface area (Å²) in [5.41, 5.74) is 2.42. The number of aromatic amines is 1. The smallest absolute Gasteiger partial charge is 0.337 e. The minimum Gasteiger partial charge on any atom is -0.337 e. The molecule has 31 heavy (non-hydrogen) atoms. The summed E-state index contributed by atoms with van der Waals surface area (Å²) in [5, 5.41) is 7.36. The van der Waals surface area contributed by atoms with Crippen molar-refractivity contribution in [3.8, 4) is 0 Å². The Bertz CT molecular complexity index is 977. The number of hydrogen-bond acceptors (Lipinski definition) is 4. The van der Waals surface area contributed by atoms with Gasteiger partial charge in [-0.3, -0.25) is 9.89 Å².